The van der Waals surface area contributed by atoms with E-state index < -0.39 is 0 Å². The van der Waals surface area contributed by atoms with Crippen LogP contribution in [0.15, 0.2) is 24.3 Å². The third kappa shape index (κ3) is 3.41. The second kappa shape index (κ2) is 5.18. The van der Waals surface area contributed by atoms with Gasteiger partial charge in [-0.3, -0.25) is 0 Å². The summed E-state index contributed by atoms with van der Waals surface area (Å²) in [6.45, 7) is 2.02. The summed E-state index contributed by atoms with van der Waals surface area (Å²) < 4.78 is 0. The summed E-state index contributed by atoms with van der Waals surface area (Å²) in [6, 6.07) is 7.97. The molecule has 1 rings (SSSR count). The maximum atomic E-state index is 10.1. The van der Waals surface area contributed by atoms with E-state index in [9.17, 15) is 4.79 Å². The van der Waals surface area contributed by atoms with E-state index in [1.165, 1.54) is 5.56 Å². The first-order chi connectivity index (χ1) is 4.83. The van der Waals surface area contributed by atoms with Crippen LogP contribution in [-0.4, -0.2) is 25.1 Å². The van der Waals surface area contributed by atoms with Crippen molar-refractivity contribution in [1.82, 2.24) is 0 Å². The van der Waals surface area contributed by atoms with Crippen molar-refractivity contribution >= 4 is 25.1 Å². The fourth-order valence-corrected chi connectivity index (χ4v) is 0.935. The van der Waals surface area contributed by atoms with Crippen LogP contribution in [0, 0.1) is 6.92 Å². The zero-order valence-corrected chi connectivity index (χ0v) is 6.00. The number of rotatable bonds is 2. The molecule has 0 aliphatic rings. The van der Waals surface area contributed by atoms with Crippen molar-refractivity contribution in [3.63, 3.8) is 0 Å². The predicted molar refractivity (Wildman–Crippen MR) is 48.1 cm³/mol. The Balaban J connectivity index is 0.000001000. The molecule has 0 unspecified atom stereocenters. The maximum absolute atomic E-state index is 10.1. The van der Waals surface area contributed by atoms with Crippen LogP contribution in [0.3, 0.4) is 0 Å². The molecule has 2 heteroatoms. The summed E-state index contributed by atoms with van der Waals surface area (Å²) in [7, 11) is 0. The van der Waals surface area contributed by atoms with Crippen LogP contribution in [0.2, 0.25) is 0 Å². The van der Waals surface area contributed by atoms with E-state index in [0.29, 0.717) is 6.42 Å². The van der Waals surface area contributed by atoms with Gasteiger partial charge in [0.25, 0.3) is 0 Å². The molecule has 0 N–H and O–H groups in total. The van der Waals surface area contributed by atoms with Crippen LogP contribution in [0.5, 0.6) is 0 Å². The summed E-state index contributed by atoms with van der Waals surface area (Å²) in [5.74, 6) is 0. The zero-order chi connectivity index (χ0) is 7.40. The van der Waals surface area contributed by atoms with Crippen LogP contribution >= 0.6 is 0 Å². The minimum absolute atomic E-state index is 0. The summed E-state index contributed by atoms with van der Waals surface area (Å²) in [6.07, 6.45) is 1.45. The van der Waals surface area contributed by atoms with Gasteiger partial charge in [-0.05, 0) is 12.5 Å². The molecule has 0 amide bonds. The first-order valence-corrected chi connectivity index (χ1v) is 3.32. The third-order valence-corrected chi connectivity index (χ3v) is 1.40. The Hall–Kier alpha value is -0.513. The standard InChI is InChI=1S/C9H10O.Li.H/c1-8-3-2-4-9(7-8)5-6-10;;/h2-4,6-7H,5H2,1H3;;. The van der Waals surface area contributed by atoms with Gasteiger partial charge in [-0.1, -0.05) is 29.8 Å². The predicted octanol–water partition coefficient (Wildman–Crippen LogP) is 1.09. The van der Waals surface area contributed by atoms with Crippen LogP contribution in [-0.2, 0) is 11.2 Å². The van der Waals surface area contributed by atoms with Crippen LogP contribution < -0.4 is 0 Å². The Bertz CT molecular complexity index is 233. The molecule has 0 spiro atoms. The van der Waals surface area contributed by atoms with Gasteiger partial charge in [-0.15, -0.1) is 0 Å². The molecule has 54 valence electrons. The van der Waals surface area contributed by atoms with Gasteiger partial charge >= 0.3 is 18.9 Å². The monoisotopic (exact) mass is 142 g/mol. The fourth-order valence-electron chi connectivity index (χ4n) is 0.935. The Morgan fingerprint density at radius 2 is 2.18 bits per heavy atom. The number of carbonyl (C=O) groups is 1. The molecular formula is C9H11LiO. The number of hydrogen-bond donors (Lipinski definition) is 0. The molecular weight excluding hydrogens is 131 g/mol. The molecule has 0 radical (unpaired) electrons. The van der Waals surface area contributed by atoms with E-state index in [-0.39, 0.29) is 18.9 Å². The van der Waals surface area contributed by atoms with E-state index >= 15 is 0 Å². The molecule has 0 saturated heterocycles. The molecule has 1 aromatic carbocycles. The minimum atomic E-state index is 0. The van der Waals surface area contributed by atoms with E-state index in [4.69, 9.17) is 0 Å². The Labute approximate surface area is 79.0 Å². The quantitative estimate of drug-likeness (QED) is 0.446. The number of aldehydes is 1. The van der Waals surface area contributed by atoms with Gasteiger partial charge in [0.1, 0.15) is 6.29 Å². The van der Waals surface area contributed by atoms with Crippen molar-refractivity contribution in [2.24, 2.45) is 0 Å². The molecule has 0 heterocycles. The molecule has 1 nitrogen and oxygen atoms in total. The molecule has 0 bridgehead atoms. The molecule has 0 saturated carbocycles. The second-order valence-electron chi connectivity index (χ2n) is 2.36. The van der Waals surface area contributed by atoms with Crippen molar-refractivity contribution in [2.75, 3.05) is 0 Å². The number of benzene rings is 1. The summed E-state index contributed by atoms with van der Waals surface area (Å²) >= 11 is 0. The first kappa shape index (κ1) is 10.5. The van der Waals surface area contributed by atoms with Gasteiger partial charge in [-0.2, -0.15) is 0 Å². The molecule has 0 aromatic heterocycles. The third-order valence-electron chi connectivity index (χ3n) is 1.40. The Morgan fingerprint density at radius 3 is 2.73 bits per heavy atom. The van der Waals surface area contributed by atoms with Crippen molar-refractivity contribution in [2.45, 2.75) is 13.3 Å². The average Bonchev–Trinajstić information content (AvgIpc) is 1.88. The Morgan fingerprint density at radius 1 is 1.45 bits per heavy atom. The van der Waals surface area contributed by atoms with Crippen LogP contribution in [0.25, 0.3) is 0 Å². The SMILES string of the molecule is Cc1cccc(CC=O)c1.[LiH]. The van der Waals surface area contributed by atoms with Gasteiger partial charge in [-0.25, -0.2) is 0 Å². The number of carbonyl (C=O) groups excluding carboxylic acids is 1. The Kier molecular flexibility index (Phi) is 4.94. The van der Waals surface area contributed by atoms with Crippen LogP contribution in [0.1, 0.15) is 11.1 Å². The second-order valence-corrected chi connectivity index (χ2v) is 2.36. The van der Waals surface area contributed by atoms with E-state index in [0.717, 1.165) is 11.8 Å². The summed E-state index contributed by atoms with van der Waals surface area (Å²) in [4.78, 5) is 10.1. The average molecular weight is 142 g/mol. The van der Waals surface area contributed by atoms with Gasteiger partial charge in [0.15, 0.2) is 0 Å². The van der Waals surface area contributed by atoms with E-state index in [1.54, 1.807) is 0 Å². The van der Waals surface area contributed by atoms with Crippen molar-refractivity contribution in [3.05, 3.63) is 35.4 Å². The van der Waals surface area contributed by atoms with Crippen LogP contribution in [0.4, 0.5) is 0 Å². The van der Waals surface area contributed by atoms with Gasteiger partial charge < -0.3 is 4.79 Å². The van der Waals surface area contributed by atoms with Gasteiger partial charge in [0, 0.05) is 6.42 Å². The van der Waals surface area contributed by atoms with Gasteiger partial charge in [0.05, 0.1) is 0 Å². The number of aryl methyl sites for hydroxylation is 1. The zero-order valence-electron chi connectivity index (χ0n) is 6.00. The molecule has 0 aliphatic carbocycles. The molecule has 0 aliphatic heterocycles. The van der Waals surface area contributed by atoms with Crippen molar-refractivity contribution in [3.8, 4) is 0 Å². The molecule has 1 aromatic rings. The molecule has 11 heavy (non-hydrogen) atoms. The molecule has 0 fully saturated rings. The summed E-state index contributed by atoms with van der Waals surface area (Å²) in [5, 5.41) is 0. The van der Waals surface area contributed by atoms with E-state index in [1.807, 2.05) is 31.2 Å². The molecule has 0 atom stereocenters. The van der Waals surface area contributed by atoms with Crippen molar-refractivity contribution < 1.29 is 4.79 Å². The van der Waals surface area contributed by atoms with E-state index in [2.05, 4.69) is 0 Å². The fraction of sp³-hybridized carbons (Fsp3) is 0.222. The number of hydrogen-bond acceptors (Lipinski definition) is 1. The van der Waals surface area contributed by atoms with Gasteiger partial charge in [0.2, 0.25) is 0 Å². The summed E-state index contributed by atoms with van der Waals surface area (Å²) in [5.41, 5.74) is 2.30. The van der Waals surface area contributed by atoms with Crippen molar-refractivity contribution in [1.29, 1.82) is 0 Å². The normalized spacial score (nSPS) is 8.45. The first-order valence-electron chi connectivity index (χ1n) is 3.32. The topological polar surface area (TPSA) is 17.1 Å².